The second kappa shape index (κ2) is 18.2. The third-order valence-corrected chi connectivity index (χ3v) is 14.2. The Balaban J connectivity index is 1.13. The number of halogens is 2. The standard InChI is InChI=1S/C66H42Cl2N2O2/c67-55-25-13-15-27-63(55)71-65-42-62(70-59-35-31-49(45-21-9-3-10-22-45)39-53(59)54-40-50(32-36-60(54)70)46-23-11-4-12-24-46)66(72-64-28-16-14-26-56(64)68)41-61(65)69-57-33-29-47(43-17-5-1-6-18-43)37-51(57)52-38-48(30-34-58(52)69)44-19-7-2-8-20-44/h1-42H. The summed E-state index contributed by atoms with van der Waals surface area (Å²) in [4.78, 5) is 0. The molecule has 0 amide bonds. The summed E-state index contributed by atoms with van der Waals surface area (Å²) in [5.74, 6) is 2.18. The van der Waals surface area contributed by atoms with Crippen molar-refractivity contribution in [3.63, 3.8) is 0 Å². The van der Waals surface area contributed by atoms with Crippen molar-refractivity contribution in [2.75, 3.05) is 0 Å². The lowest BCUT2D eigenvalue weighted by Gasteiger charge is -2.21. The molecular weight excluding hydrogens is 924 g/mol. The molecule has 0 aliphatic heterocycles. The number of hydrogen-bond acceptors (Lipinski definition) is 2. The molecule has 11 aromatic carbocycles. The van der Waals surface area contributed by atoms with Crippen LogP contribution in [-0.2, 0) is 0 Å². The summed E-state index contributed by atoms with van der Waals surface area (Å²) < 4.78 is 18.9. The van der Waals surface area contributed by atoms with Gasteiger partial charge >= 0.3 is 0 Å². The largest absolute Gasteiger partial charge is 0.454 e. The molecule has 72 heavy (non-hydrogen) atoms. The number of hydrogen-bond donors (Lipinski definition) is 0. The maximum absolute atomic E-state index is 7.15. The lowest BCUT2D eigenvalue weighted by atomic mass is 10.0. The summed E-state index contributed by atoms with van der Waals surface area (Å²) in [5.41, 5.74) is 14.5. The molecule has 13 rings (SSSR count). The molecule has 0 saturated carbocycles. The van der Waals surface area contributed by atoms with Crippen LogP contribution in [0, 0.1) is 0 Å². The summed E-state index contributed by atoms with van der Waals surface area (Å²) in [5, 5.41) is 5.35. The average molecular weight is 966 g/mol. The molecule has 0 aliphatic carbocycles. The van der Waals surface area contributed by atoms with E-state index >= 15 is 0 Å². The van der Waals surface area contributed by atoms with Crippen LogP contribution in [-0.4, -0.2) is 9.13 Å². The molecule has 0 saturated heterocycles. The van der Waals surface area contributed by atoms with Gasteiger partial charge in [0.05, 0.1) is 43.5 Å². The minimum Gasteiger partial charge on any atom is -0.454 e. The van der Waals surface area contributed by atoms with Gasteiger partial charge in [-0.15, -0.1) is 0 Å². The summed E-state index contributed by atoms with van der Waals surface area (Å²) in [6, 6.07) is 88.3. The molecule has 342 valence electrons. The van der Waals surface area contributed by atoms with Gasteiger partial charge in [0, 0.05) is 33.7 Å². The lowest BCUT2D eigenvalue weighted by molar-refractivity contribution is 0.466. The average Bonchev–Trinajstić information content (AvgIpc) is 3.94. The molecule has 4 nitrogen and oxygen atoms in total. The highest BCUT2D eigenvalue weighted by molar-refractivity contribution is 6.32. The topological polar surface area (TPSA) is 28.3 Å². The van der Waals surface area contributed by atoms with Gasteiger partial charge in [-0.1, -0.05) is 193 Å². The number of para-hydroxylation sites is 2. The molecule has 0 spiro atoms. The summed E-state index contributed by atoms with van der Waals surface area (Å²) >= 11 is 14.0. The molecule has 0 radical (unpaired) electrons. The fraction of sp³-hybridized carbons (Fsp3) is 0. The molecule has 0 atom stereocenters. The van der Waals surface area contributed by atoms with Gasteiger partial charge in [-0.25, -0.2) is 0 Å². The van der Waals surface area contributed by atoms with Crippen molar-refractivity contribution in [1.82, 2.24) is 9.13 Å². The summed E-state index contributed by atoms with van der Waals surface area (Å²) in [7, 11) is 0. The molecule has 13 aromatic rings. The van der Waals surface area contributed by atoms with Crippen LogP contribution in [0.1, 0.15) is 0 Å². The highest BCUT2D eigenvalue weighted by atomic mass is 35.5. The minimum atomic E-state index is 0.488. The Morgan fingerprint density at radius 1 is 0.236 bits per heavy atom. The first-order valence-corrected chi connectivity index (χ1v) is 24.7. The van der Waals surface area contributed by atoms with E-state index in [2.05, 4.69) is 215 Å². The Labute approximate surface area is 426 Å². The summed E-state index contributed by atoms with van der Waals surface area (Å²) in [6.45, 7) is 0. The first-order valence-electron chi connectivity index (χ1n) is 23.9. The second-order valence-electron chi connectivity index (χ2n) is 17.9. The van der Waals surface area contributed by atoms with E-state index in [1.807, 2.05) is 48.5 Å². The van der Waals surface area contributed by atoms with Gasteiger partial charge in [-0.2, -0.15) is 0 Å². The number of fused-ring (bicyclic) bond motifs is 6. The smallest absolute Gasteiger partial charge is 0.153 e. The highest BCUT2D eigenvalue weighted by Gasteiger charge is 2.25. The van der Waals surface area contributed by atoms with Gasteiger partial charge in [0.1, 0.15) is 11.5 Å². The zero-order chi connectivity index (χ0) is 48.1. The van der Waals surface area contributed by atoms with Crippen LogP contribution in [0.25, 0.3) is 99.5 Å². The van der Waals surface area contributed by atoms with Gasteiger partial charge in [0.15, 0.2) is 11.5 Å². The van der Waals surface area contributed by atoms with E-state index in [0.717, 1.165) is 99.5 Å². The maximum Gasteiger partial charge on any atom is 0.153 e. The van der Waals surface area contributed by atoms with Crippen LogP contribution in [0.15, 0.2) is 255 Å². The minimum absolute atomic E-state index is 0.488. The van der Waals surface area contributed by atoms with Gasteiger partial charge < -0.3 is 18.6 Å². The molecule has 0 aliphatic rings. The number of ether oxygens (including phenoxy) is 2. The molecule has 0 N–H and O–H groups in total. The van der Waals surface area contributed by atoms with E-state index in [1.54, 1.807) is 0 Å². The summed E-state index contributed by atoms with van der Waals surface area (Å²) in [6.07, 6.45) is 0. The maximum atomic E-state index is 7.15. The van der Waals surface area contributed by atoms with E-state index < -0.39 is 0 Å². The monoisotopic (exact) mass is 964 g/mol. The van der Waals surface area contributed by atoms with Crippen LogP contribution in [0.2, 0.25) is 10.0 Å². The van der Waals surface area contributed by atoms with Crippen LogP contribution < -0.4 is 9.47 Å². The van der Waals surface area contributed by atoms with Crippen molar-refractivity contribution in [3.8, 4) is 78.9 Å². The Bertz CT molecular complexity index is 3700. The van der Waals surface area contributed by atoms with Crippen molar-refractivity contribution >= 4 is 66.8 Å². The Hall–Kier alpha value is -8.80. The quantitative estimate of drug-likeness (QED) is 0.137. The van der Waals surface area contributed by atoms with Gasteiger partial charge in [0.25, 0.3) is 0 Å². The fourth-order valence-electron chi connectivity index (χ4n) is 10.1. The number of nitrogens with zero attached hydrogens (tertiary/aromatic N) is 2. The molecule has 2 heterocycles. The van der Waals surface area contributed by atoms with Crippen molar-refractivity contribution in [2.45, 2.75) is 0 Å². The van der Waals surface area contributed by atoms with E-state index in [-0.39, 0.29) is 0 Å². The predicted octanol–water partition coefficient (Wildman–Crippen LogP) is 19.4. The third kappa shape index (κ3) is 7.75. The van der Waals surface area contributed by atoms with Crippen molar-refractivity contribution in [2.24, 2.45) is 0 Å². The second-order valence-corrected chi connectivity index (χ2v) is 18.7. The first kappa shape index (κ1) is 43.2. The SMILES string of the molecule is Clc1ccccc1Oc1cc(-n2c3ccc(-c4ccccc4)cc3c3cc(-c4ccccc4)ccc32)c(Oc2ccccc2Cl)cc1-n1c2ccc(-c3ccccc3)cc2c2cc(-c3ccccc3)ccc21. The first-order chi connectivity index (χ1) is 35.5. The van der Waals surface area contributed by atoms with Gasteiger partial charge in [-0.05, 0) is 117 Å². The zero-order valence-corrected chi connectivity index (χ0v) is 40.2. The van der Waals surface area contributed by atoms with Crippen LogP contribution in [0.3, 0.4) is 0 Å². The molecule has 0 unspecified atom stereocenters. The van der Waals surface area contributed by atoms with Crippen LogP contribution in [0.4, 0.5) is 0 Å². The van der Waals surface area contributed by atoms with E-state index in [9.17, 15) is 0 Å². The zero-order valence-electron chi connectivity index (χ0n) is 38.7. The fourth-order valence-corrected chi connectivity index (χ4v) is 10.5. The van der Waals surface area contributed by atoms with E-state index in [0.29, 0.717) is 33.0 Å². The van der Waals surface area contributed by atoms with E-state index in [1.165, 1.54) is 0 Å². The molecular formula is C66H42Cl2N2O2. The Morgan fingerprint density at radius 3 is 0.778 bits per heavy atom. The normalized spacial score (nSPS) is 11.5. The molecule has 0 fully saturated rings. The van der Waals surface area contributed by atoms with Crippen LogP contribution in [0.5, 0.6) is 23.0 Å². The molecule has 0 bridgehead atoms. The third-order valence-electron chi connectivity index (χ3n) is 13.6. The number of rotatable bonds is 10. The van der Waals surface area contributed by atoms with Crippen LogP contribution >= 0.6 is 23.2 Å². The Kier molecular flexibility index (Phi) is 10.9. The van der Waals surface area contributed by atoms with Crippen molar-refractivity contribution < 1.29 is 9.47 Å². The van der Waals surface area contributed by atoms with E-state index in [4.69, 9.17) is 32.7 Å². The van der Waals surface area contributed by atoms with Gasteiger partial charge in [0.2, 0.25) is 0 Å². The number of benzene rings is 11. The molecule has 6 heteroatoms. The molecule has 2 aromatic heterocycles. The van der Waals surface area contributed by atoms with Crippen molar-refractivity contribution in [1.29, 1.82) is 0 Å². The van der Waals surface area contributed by atoms with Crippen molar-refractivity contribution in [3.05, 3.63) is 265 Å². The lowest BCUT2D eigenvalue weighted by Crippen LogP contribution is -2.04. The predicted molar refractivity (Wildman–Crippen MR) is 300 cm³/mol. The Morgan fingerprint density at radius 2 is 0.500 bits per heavy atom. The highest BCUT2D eigenvalue weighted by Crippen LogP contribution is 2.48. The van der Waals surface area contributed by atoms with Gasteiger partial charge in [-0.3, -0.25) is 0 Å². The number of aromatic nitrogens is 2.